The molecule has 2 bridgehead atoms. The van der Waals surface area contributed by atoms with E-state index in [1.165, 1.54) is 31.2 Å². The minimum Gasteiger partial charge on any atom is -0.338 e. The lowest BCUT2D eigenvalue weighted by Crippen LogP contribution is -2.41. The number of benzene rings is 1. The van der Waals surface area contributed by atoms with Crippen molar-refractivity contribution in [2.45, 2.75) is 32.1 Å². The molecule has 1 aromatic carbocycles. The van der Waals surface area contributed by atoms with Crippen LogP contribution in [0, 0.1) is 21.3 Å². The maximum Gasteiger partial charge on any atom is 0.254 e. The first-order chi connectivity index (χ1) is 9.70. The summed E-state index contributed by atoms with van der Waals surface area (Å²) in [5.41, 5.74) is 2.19. The average molecular weight is 381 g/mol. The van der Waals surface area contributed by atoms with E-state index in [4.69, 9.17) is 0 Å². The van der Waals surface area contributed by atoms with Crippen LogP contribution in [0.25, 0.3) is 0 Å². The van der Waals surface area contributed by atoms with Crippen LogP contribution in [0.4, 0.5) is 0 Å². The fraction of sp³-hybridized carbons (Fsp3) is 0.588. The first-order valence-corrected chi connectivity index (χ1v) is 8.86. The number of hydrogen-bond acceptors (Lipinski definition) is 1. The van der Waals surface area contributed by atoms with Gasteiger partial charge in [-0.05, 0) is 83.7 Å². The van der Waals surface area contributed by atoms with E-state index in [0.29, 0.717) is 0 Å². The van der Waals surface area contributed by atoms with Crippen LogP contribution in [-0.4, -0.2) is 23.9 Å². The Morgan fingerprint density at radius 3 is 2.90 bits per heavy atom. The summed E-state index contributed by atoms with van der Waals surface area (Å²) in [6, 6.07) is 6.30. The zero-order valence-electron chi connectivity index (χ0n) is 11.6. The smallest absolute Gasteiger partial charge is 0.254 e. The average Bonchev–Trinajstić information content (AvgIpc) is 3.05. The van der Waals surface area contributed by atoms with Crippen molar-refractivity contribution < 1.29 is 4.79 Å². The highest BCUT2D eigenvalue weighted by Crippen LogP contribution is 2.48. The van der Waals surface area contributed by atoms with Crippen LogP contribution < -0.4 is 0 Å². The second-order valence-electron chi connectivity index (χ2n) is 6.74. The van der Waals surface area contributed by atoms with Gasteiger partial charge in [0.1, 0.15) is 0 Å². The molecule has 1 heterocycles. The molecule has 0 aromatic heterocycles. The standard InChI is InChI=1S/C17H20INO/c18-15-4-3-12-5-6-19(17(20)16(12)9-15)10-14-8-11-1-2-13(14)7-11/h3-4,9,11,13-14H,1-2,5-8,10H2. The van der Waals surface area contributed by atoms with Crippen LogP contribution in [-0.2, 0) is 6.42 Å². The minimum absolute atomic E-state index is 0.271. The van der Waals surface area contributed by atoms with Crippen molar-refractivity contribution in [3.63, 3.8) is 0 Å². The molecule has 1 amide bonds. The van der Waals surface area contributed by atoms with E-state index in [9.17, 15) is 4.79 Å². The highest BCUT2D eigenvalue weighted by Gasteiger charge is 2.41. The molecular weight excluding hydrogens is 361 g/mol. The van der Waals surface area contributed by atoms with Gasteiger partial charge in [-0.2, -0.15) is 0 Å². The maximum atomic E-state index is 12.7. The molecule has 1 aliphatic heterocycles. The van der Waals surface area contributed by atoms with Gasteiger partial charge in [0.05, 0.1) is 0 Å². The van der Waals surface area contributed by atoms with Gasteiger partial charge in [-0.25, -0.2) is 0 Å². The Kier molecular flexibility index (Phi) is 3.28. The van der Waals surface area contributed by atoms with Crippen molar-refractivity contribution >= 4 is 28.5 Å². The van der Waals surface area contributed by atoms with Crippen LogP contribution in [0.2, 0.25) is 0 Å². The third-order valence-electron chi connectivity index (χ3n) is 5.58. The van der Waals surface area contributed by atoms with Crippen molar-refractivity contribution in [3.8, 4) is 0 Å². The van der Waals surface area contributed by atoms with Gasteiger partial charge in [0.2, 0.25) is 0 Å². The molecule has 0 N–H and O–H groups in total. The predicted octanol–water partition coefficient (Wildman–Crippen LogP) is 3.73. The molecule has 0 spiro atoms. The fourth-order valence-corrected chi connectivity index (χ4v) is 5.04. The number of fused-ring (bicyclic) bond motifs is 3. The van der Waals surface area contributed by atoms with E-state index in [1.54, 1.807) is 0 Å². The molecule has 3 atom stereocenters. The van der Waals surface area contributed by atoms with Crippen molar-refractivity contribution in [1.29, 1.82) is 0 Å². The molecule has 1 aromatic rings. The molecule has 3 unspecified atom stereocenters. The summed E-state index contributed by atoms with van der Waals surface area (Å²) in [6.07, 6.45) is 6.68. The molecule has 20 heavy (non-hydrogen) atoms. The second-order valence-corrected chi connectivity index (χ2v) is 7.98. The fourth-order valence-electron chi connectivity index (χ4n) is 4.55. The van der Waals surface area contributed by atoms with Crippen molar-refractivity contribution in [1.82, 2.24) is 4.90 Å². The predicted molar refractivity (Wildman–Crippen MR) is 87.7 cm³/mol. The molecule has 2 aliphatic carbocycles. The Hall–Kier alpha value is -0.580. The summed E-state index contributed by atoms with van der Waals surface area (Å²) < 4.78 is 1.16. The number of rotatable bonds is 2. The summed E-state index contributed by atoms with van der Waals surface area (Å²) in [5, 5.41) is 0. The zero-order valence-corrected chi connectivity index (χ0v) is 13.8. The lowest BCUT2D eigenvalue weighted by Gasteiger charge is -2.33. The largest absolute Gasteiger partial charge is 0.338 e. The summed E-state index contributed by atoms with van der Waals surface area (Å²) in [6.45, 7) is 1.92. The van der Waals surface area contributed by atoms with Crippen LogP contribution in [0.1, 0.15) is 41.6 Å². The van der Waals surface area contributed by atoms with E-state index < -0.39 is 0 Å². The number of amides is 1. The van der Waals surface area contributed by atoms with Gasteiger partial charge in [0.15, 0.2) is 0 Å². The van der Waals surface area contributed by atoms with Crippen LogP contribution in [0.3, 0.4) is 0 Å². The summed E-state index contributed by atoms with van der Waals surface area (Å²) in [5.74, 6) is 2.93. The normalized spacial score (nSPS) is 31.8. The molecular formula is C17H20INO. The van der Waals surface area contributed by atoms with Crippen LogP contribution >= 0.6 is 22.6 Å². The lowest BCUT2D eigenvalue weighted by molar-refractivity contribution is 0.0689. The third-order valence-corrected chi connectivity index (χ3v) is 6.25. The summed E-state index contributed by atoms with van der Waals surface area (Å²) in [4.78, 5) is 14.8. The van der Waals surface area contributed by atoms with Crippen LogP contribution in [0.15, 0.2) is 18.2 Å². The Labute approximate surface area is 134 Å². The first-order valence-electron chi connectivity index (χ1n) is 7.78. The van der Waals surface area contributed by atoms with Crippen molar-refractivity contribution in [2.24, 2.45) is 17.8 Å². The Morgan fingerprint density at radius 2 is 2.15 bits per heavy atom. The topological polar surface area (TPSA) is 20.3 Å². The summed E-state index contributed by atoms with van der Waals surface area (Å²) in [7, 11) is 0. The monoisotopic (exact) mass is 381 g/mol. The Morgan fingerprint density at radius 1 is 1.25 bits per heavy atom. The number of carbonyl (C=O) groups is 1. The van der Waals surface area contributed by atoms with Crippen molar-refractivity contribution in [2.75, 3.05) is 13.1 Å². The molecule has 2 nitrogen and oxygen atoms in total. The molecule has 4 rings (SSSR count). The Bertz CT molecular complexity index is 556. The zero-order chi connectivity index (χ0) is 13.7. The maximum absolute atomic E-state index is 12.7. The van der Waals surface area contributed by atoms with Gasteiger partial charge < -0.3 is 4.90 Å². The lowest BCUT2D eigenvalue weighted by atomic mass is 9.87. The van der Waals surface area contributed by atoms with Gasteiger partial charge in [0.25, 0.3) is 5.91 Å². The van der Waals surface area contributed by atoms with E-state index in [1.807, 2.05) is 0 Å². The van der Waals surface area contributed by atoms with E-state index in [2.05, 4.69) is 45.7 Å². The number of halogens is 1. The van der Waals surface area contributed by atoms with E-state index in [0.717, 1.165) is 46.4 Å². The molecule has 0 radical (unpaired) electrons. The highest BCUT2D eigenvalue weighted by atomic mass is 127. The molecule has 2 saturated carbocycles. The third kappa shape index (κ3) is 2.18. The van der Waals surface area contributed by atoms with Gasteiger partial charge in [-0.15, -0.1) is 0 Å². The number of carbonyl (C=O) groups excluding carboxylic acids is 1. The second kappa shape index (κ2) is 5.00. The first kappa shape index (κ1) is 13.1. The van der Waals surface area contributed by atoms with Gasteiger partial charge >= 0.3 is 0 Å². The van der Waals surface area contributed by atoms with Gasteiger partial charge in [0, 0.05) is 22.2 Å². The molecule has 106 valence electrons. The SMILES string of the molecule is O=C1c2cc(I)ccc2CCN1CC1CC2CCC1C2. The summed E-state index contributed by atoms with van der Waals surface area (Å²) >= 11 is 2.30. The molecule has 0 saturated heterocycles. The van der Waals surface area contributed by atoms with E-state index >= 15 is 0 Å². The quantitative estimate of drug-likeness (QED) is 0.715. The van der Waals surface area contributed by atoms with Crippen molar-refractivity contribution in [3.05, 3.63) is 32.9 Å². The molecule has 3 aliphatic rings. The molecule has 2 fully saturated rings. The highest BCUT2D eigenvalue weighted by molar-refractivity contribution is 14.1. The van der Waals surface area contributed by atoms with Crippen LogP contribution in [0.5, 0.6) is 0 Å². The number of nitrogens with zero attached hydrogens (tertiary/aromatic N) is 1. The van der Waals surface area contributed by atoms with E-state index in [-0.39, 0.29) is 5.91 Å². The number of hydrogen-bond donors (Lipinski definition) is 0. The van der Waals surface area contributed by atoms with Gasteiger partial charge in [-0.3, -0.25) is 4.79 Å². The van der Waals surface area contributed by atoms with Gasteiger partial charge in [-0.1, -0.05) is 12.5 Å². The minimum atomic E-state index is 0.271. The Balaban J connectivity index is 1.52. The molecule has 3 heteroatoms.